The standard InChI is InChI=1S/C18H31N5OS/c1-2-19-18(20-5-8-22-10-12-24-13-11-22)21-6-9-23-7-3-17-16(15-23)4-14-25-17/h4,14H,2-3,5-13,15H2,1H3,(H2,19,20,21). The number of hydrogen-bond donors (Lipinski definition) is 2. The van der Waals surface area contributed by atoms with Crippen LogP contribution in [0.25, 0.3) is 0 Å². The van der Waals surface area contributed by atoms with Crippen LogP contribution < -0.4 is 10.6 Å². The smallest absolute Gasteiger partial charge is 0.191 e. The number of nitrogens with one attached hydrogen (secondary N) is 2. The Bertz CT molecular complexity index is 541. The third-order valence-corrected chi connectivity index (χ3v) is 5.76. The number of morpholine rings is 1. The zero-order valence-corrected chi connectivity index (χ0v) is 16.1. The molecule has 140 valence electrons. The van der Waals surface area contributed by atoms with Crippen LogP contribution in [-0.4, -0.2) is 81.3 Å². The number of guanidine groups is 1. The summed E-state index contributed by atoms with van der Waals surface area (Å²) < 4.78 is 5.39. The first kappa shape index (κ1) is 18.6. The fraction of sp³-hybridized carbons (Fsp3) is 0.722. The molecule has 0 saturated carbocycles. The molecule has 3 rings (SSSR count). The van der Waals surface area contributed by atoms with E-state index in [1.807, 2.05) is 11.3 Å². The minimum absolute atomic E-state index is 0.831. The Morgan fingerprint density at radius 3 is 2.92 bits per heavy atom. The summed E-state index contributed by atoms with van der Waals surface area (Å²) in [5.41, 5.74) is 1.52. The van der Waals surface area contributed by atoms with Crippen molar-refractivity contribution in [3.8, 4) is 0 Å². The van der Waals surface area contributed by atoms with Crippen molar-refractivity contribution < 1.29 is 4.74 Å². The van der Waals surface area contributed by atoms with Crippen LogP contribution in [0.5, 0.6) is 0 Å². The lowest BCUT2D eigenvalue weighted by Crippen LogP contribution is -2.43. The van der Waals surface area contributed by atoms with Crippen molar-refractivity contribution in [1.29, 1.82) is 0 Å². The Hall–Kier alpha value is -1.15. The fourth-order valence-electron chi connectivity index (χ4n) is 3.30. The molecule has 0 radical (unpaired) electrons. The number of nitrogens with zero attached hydrogens (tertiary/aromatic N) is 3. The van der Waals surface area contributed by atoms with Gasteiger partial charge in [0.15, 0.2) is 5.96 Å². The van der Waals surface area contributed by atoms with Crippen molar-refractivity contribution in [3.63, 3.8) is 0 Å². The van der Waals surface area contributed by atoms with Gasteiger partial charge in [0.25, 0.3) is 0 Å². The topological polar surface area (TPSA) is 52.1 Å². The lowest BCUT2D eigenvalue weighted by molar-refractivity contribution is 0.0394. The first-order valence-electron chi connectivity index (χ1n) is 9.45. The van der Waals surface area contributed by atoms with Crippen molar-refractivity contribution in [2.75, 3.05) is 65.6 Å². The van der Waals surface area contributed by atoms with E-state index in [2.05, 4.69) is 38.8 Å². The number of rotatable bonds is 7. The molecular formula is C18H31N5OS. The zero-order chi connectivity index (χ0) is 17.3. The van der Waals surface area contributed by atoms with E-state index >= 15 is 0 Å². The average Bonchev–Trinajstić information content (AvgIpc) is 3.10. The summed E-state index contributed by atoms with van der Waals surface area (Å²) in [6.45, 7) is 12.8. The number of aliphatic imine (C=N–C) groups is 1. The molecule has 0 aromatic carbocycles. The second-order valence-electron chi connectivity index (χ2n) is 6.54. The summed E-state index contributed by atoms with van der Waals surface area (Å²) in [6.07, 6.45) is 1.20. The molecule has 0 spiro atoms. The second kappa shape index (κ2) is 10.1. The molecule has 1 saturated heterocycles. The largest absolute Gasteiger partial charge is 0.379 e. The van der Waals surface area contributed by atoms with Crippen molar-refractivity contribution in [2.24, 2.45) is 4.99 Å². The molecule has 3 heterocycles. The van der Waals surface area contributed by atoms with E-state index in [1.165, 1.54) is 18.5 Å². The summed E-state index contributed by atoms with van der Waals surface area (Å²) >= 11 is 1.90. The Labute approximate surface area is 155 Å². The Kier molecular flexibility index (Phi) is 7.54. The molecule has 2 aliphatic rings. The Morgan fingerprint density at radius 1 is 1.20 bits per heavy atom. The SMILES string of the molecule is CCNC(=NCCN1CCOCC1)NCCN1CCc2sccc2C1. The lowest BCUT2D eigenvalue weighted by Gasteiger charge is -2.27. The van der Waals surface area contributed by atoms with Gasteiger partial charge in [-0.1, -0.05) is 0 Å². The van der Waals surface area contributed by atoms with Gasteiger partial charge in [-0.05, 0) is 30.4 Å². The van der Waals surface area contributed by atoms with Gasteiger partial charge in [0, 0.05) is 57.2 Å². The van der Waals surface area contributed by atoms with Crippen LogP contribution >= 0.6 is 11.3 Å². The summed E-state index contributed by atoms with van der Waals surface area (Å²) in [7, 11) is 0. The van der Waals surface area contributed by atoms with Gasteiger partial charge in [0.2, 0.25) is 0 Å². The highest BCUT2D eigenvalue weighted by molar-refractivity contribution is 7.10. The first-order valence-corrected chi connectivity index (χ1v) is 10.3. The first-order chi connectivity index (χ1) is 12.3. The molecule has 2 aliphatic heterocycles. The van der Waals surface area contributed by atoms with Crippen LogP contribution in [0.15, 0.2) is 16.4 Å². The van der Waals surface area contributed by atoms with Crippen LogP contribution in [0, 0.1) is 0 Å². The maximum atomic E-state index is 5.39. The van der Waals surface area contributed by atoms with Crippen LogP contribution in [0.1, 0.15) is 17.4 Å². The van der Waals surface area contributed by atoms with Crippen molar-refractivity contribution in [3.05, 3.63) is 21.9 Å². The average molecular weight is 366 g/mol. The highest BCUT2D eigenvalue weighted by Gasteiger charge is 2.16. The summed E-state index contributed by atoms with van der Waals surface area (Å²) in [6, 6.07) is 2.27. The normalized spacial score (nSPS) is 19.6. The fourth-order valence-corrected chi connectivity index (χ4v) is 4.19. The highest BCUT2D eigenvalue weighted by atomic mass is 32.1. The van der Waals surface area contributed by atoms with E-state index in [0.29, 0.717) is 0 Å². The van der Waals surface area contributed by atoms with Crippen LogP contribution in [0.4, 0.5) is 0 Å². The summed E-state index contributed by atoms with van der Waals surface area (Å²) in [5, 5.41) is 9.05. The maximum Gasteiger partial charge on any atom is 0.191 e. The molecule has 6 nitrogen and oxygen atoms in total. The monoisotopic (exact) mass is 365 g/mol. The molecule has 7 heteroatoms. The molecule has 25 heavy (non-hydrogen) atoms. The lowest BCUT2D eigenvalue weighted by atomic mass is 10.1. The van der Waals surface area contributed by atoms with Gasteiger partial charge in [0.05, 0.1) is 19.8 Å². The number of hydrogen-bond acceptors (Lipinski definition) is 5. The predicted octanol–water partition coefficient (Wildman–Crippen LogP) is 0.994. The van der Waals surface area contributed by atoms with E-state index in [1.54, 1.807) is 4.88 Å². The van der Waals surface area contributed by atoms with Crippen LogP contribution in [0.2, 0.25) is 0 Å². The number of thiophene rings is 1. The van der Waals surface area contributed by atoms with E-state index < -0.39 is 0 Å². The van der Waals surface area contributed by atoms with E-state index in [4.69, 9.17) is 9.73 Å². The quantitative estimate of drug-likeness (QED) is 0.558. The van der Waals surface area contributed by atoms with E-state index in [0.717, 1.165) is 71.5 Å². The third kappa shape index (κ3) is 5.95. The van der Waals surface area contributed by atoms with Crippen molar-refractivity contribution in [1.82, 2.24) is 20.4 Å². The van der Waals surface area contributed by atoms with E-state index in [9.17, 15) is 0 Å². The molecule has 0 bridgehead atoms. The maximum absolute atomic E-state index is 5.39. The minimum atomic E-state index is 0.831. The van der Waals surface area contributed by atoms with E-state index in [-0.39, 0.29) is 0 Å². The predicted molar refractivity (Wildman–Crippen MR) is 105 cm³/mol. The molecule has 1 aromatic rings. The highest BCUT2D eigenvalue weighted by Crippen LogP contribution is 2.23. The molecule has 2 N–H and O–H groups in total. The van der Waals surface area contributed by atoms with Gasteiger partial charge >= 0.3 is 0 Å². The van der Waals surface area contributed by atoms with Gasteiger partial charge < -0.3 is 15.4 Å². The molecule has 1 aromatic heterocycles. The molecular weight excluding hydrogens is 334 g/mol. The number of fused-ring (bicyclic) bond motifs is 1. The molecule has 1 fully saturated rings. The van der Waals surface area contributed by atoms with Gasteiger partial charge in [-0.15, -0.1) is 11.3 Å². The molecule has 0 amide bonds. The minimum Gasteiger partial charge on any atom is -0.379 e. The van der Waals surface area contributed by atoms with Crippen LogP contribution in [0.3, 0.4) is 0 Å². The summed E-state index contributed by atoms with van der Waals surface area (Å²) in [4.78, 5) is 11.2. The summed E-state index contributed by atoms with van der Waals surface area (Å²) in [5.74, 6) is 0.934. The van der Waals surface area contributed by atoms with Gasteiger partial charge in [-0.3, -0.25) is 14.8 Å². The Balaban J connectivity index is 1.37. The molecule has 0 unspecified atom stereocenters. The third-order valence-electron chi connectivity index (χ3n) is 4.74. The van der Waals surface area contributed by atoms with Crippen molar-refractivity contribution >= 4 is 17.3 Å². The zero-order valence-electron chi connectivity index (χ0n) is 15.3. The van der Waals surface area contributed by atoms with Gasteiger partial charge in [-0.2, -0.15) is 0 Å². The van der Waals surface area contributed by atoms with Crippen LogP contribution in [-0.2, 0) is 17.7 Å². The molecule has 0 aliphatic carbocycles. The Morgan fingerprint density at radius 2 is 2.08 bits per heavy atom. The van der Waals surface area contributed by atoms with Gasteiger partial charge in [0.1, 0.15) is 0 Å². The molecule has 0 atom stereocenters. The van der Waals surface area contributed by atoms with Gasteiger partial charge in [-0.25, -0.2) is 0 Å². The van der Waals surface area contributed by atoms with Crippen molar-refractivity contribution in [2.45, 2.75) is 19.9 Å². The number of ether oxygens (including phenoxy) is 1. The second-order valence-corrected chi connectivity index (χ2v) is 7.54.